The molecule has 0 radical (unpaired) electrons. The van der Waals surface area contributed by atoms with Crippen LogP contribution in [0, 0.1) is 0 Å². The van der Waals surface area contributed by atoms with Crippen LogP contribution in [0.2, 0.25) is 0 Å². The minimum Gasteiger partial charge on any atom is -0.398 e. The molecule has 0 unspecified atom stereocenters. The van der Waals surface area contributed by atoms with Gasteiger partial charge in [0.1, 0.15) is 0 Å². The summed E-state index contributed by atoms with van der Waals surface area (Å²) in [5.74, 6) is 0. The number of nitrogens with zero attached hydrogens (tertiary/aromatic N) is 4. The summed E-state index contributed by atoms with van der Waals surface area (Å²) in [6.45, 7) is 0. The van der Waals surface area contributed by atoms with Crippen molar-refractivity contribution < 1.29 is 0 Å². The highest BCUT2D eigenvalue weighted by Crippen LogP contribution is 2.11. The molecule has 2 rings (SSSR count). The lowest BCUT2D eigenvalue weighted by Crippen LogP contribution is -1.98. The number of nitrogens with two attached hydrogens (primary N) is 1. The van der Waals surface area contributed by atoms with Gasteiger partial charge in [0.2, 0.25) is 0 Å². The molecule has 0 spiro atoms. The molecular weight excluding hydrogens is 190 g/mol. The third-order valence-corrected chi connectivity index (χ3v) is 2.24. The second-order valence-corrected chi connectivity index (χ2v) is 3.46. The van der Waals surface area contributed by atoms with E-state index >= 15 is 0 Å². The van der Waals surface area contributed by atoms with Crippen LogP contribution in [0.5, 0.6) is 0 Å². The number of hydrogen-bond acceptors (Lipinski definition) is 4. The fraction of sp³-hybridized carbons (Fsp3) is 0.300. The lowest BCUT2D eigenvalue weighted by Gasteiger charge is -2.01. The van der Waals surface area contributed by atoms with E-state index in [9.17, 15) is 0 Å². The van der Waals surface area contributed by atoms with E-state index in [1.165, 1.54) is 0 Å². The van der Waals surface area contributed by atoms with Crippen LogP contribution in [0.4, 0.5) is 5.69 Å². The Morgan fingerprint density at radius 1 is 1.40 bits per heavy atom. The highest BCUT2D eigenvalue weighted by molar-refractivity contribution is 5.44. The maximum absolute atomic E-state index is 5.81. The number of nitrogen functional groups attached to an aromatic ring is 1. The van der Waals surface area contributed by atoms with Crippen molar-refractivity contribution in [3.8, 4) is 0 Å². The van der Waals surface area contributed by atoms with Crippen LogP contribution >= 0.6 is 0 Å². The zero-order valence-electron chi connectivity index (χ0n) is 8.59. The van der Waals surface area contributed by atoms with Gasteiger partial charge >= 0.3 is 0 Å². The molecule has 5 heteroatoms. The Bertz CT molecular complexity index is 449. The standard InChI is InChI=1S/C10H13N5/c1-15-7-9(13-14-15)3-2-8-6-12-5-4-10(8)11/h4-7H,2-3H2,1H3,(H2,11,12). The molecule has 0 bridgehead atoms. The molecule has 0 atom stereocenters. The molecule has 2 aromatic heterocycles. The molecular formula is C10H13N5. The van der Waals surface area contributed by atoms with E-state index in [4.69, 9.17) is 5.73 Å². The Labute approximate surface area is 87.9 Å². The summed E-state index contributed by atoms with van der Waals surface area (Å²) in [6, 6.07) is 1.81. The zero-order chi connectivity index (χ0) is 10.7. The average Bonchev–Trinajstić information content (AvgIpc) is 2.63. The van der Waals surface area contributed by atoms with Crippen molar-refractivity contribution >= 4 is 5.69 Å². The van der Waals surface area contributed by atoms with Crippen LogP contribution in [-0.4, -0.2) is 20.0 Å². The monoisotopic (exact) mass is 203 g/mol. The highest BCUT2D eigenvalue weighted by Gasteiger charge is 2.02. The molecule has 0 fully saturated rings. The molecule has 0 aliphatic rings. The molecule has 2 aromatic rings. The number of pyridine rings is 1. The van der Waals surface area contributed by atoms with E-state index < -0.39 is 0 Å². The second kappa shape index (κ2) is 4.08. The van der Waals surface area contributed by atoms with Crippen molar-refractivity contribution in [3.05, 3.63) is 35.9 Å². The first kappa shape index (κ1) is 9.64. The maximum atomic E-state index is 5.81. The van der Waals surface area contributed by atoms with Gasteiger partial charge in [-0.3, -0.25) is 9.67 Å². The summed E-state index contributed by atoms with van der Waals surface area (Å²) in [4.78, 5) is 4.04. The van der Waals surface area contributed by atoms with E-state index in [2.05, 4.69) is 15.3 Å². The van der Waals surface area contributed by atoms with Gasteiger partial charge in [0, 0.05) is 31.3 Å². The SMILES string of the molecule is Cn1cc(CCc2cnccc2N)nn1. The number of anilines is 1. The zero-order valence-corrected chi connectivity index (χ0v) is 8.59. The molecule has 0 aromatic carbocycles. The summed E-state index contributed by atoms with van der Waals surface area (Å²) in [5, 5.41) is 7.88. The topological polar surface area (TPSA) is 69.6 Å². The molecule has 5 nitrogen and oxygen atoms in total. The molecule has 15 heavy (non-hydrogen) atoms. The Kier molecular flexibility index (Phi) is 2.62. The molecule has 0 saturated heterocycles. The molecule has 0 aliphatic carbocycles. The molecule has 2 N–H and O–H groups in total. The fourth-order valence-corrected chi connectivity index (χ4v) is 1.42. The van der Waals surface area contributed by atoms with Gasteiger partial charge in [0.15, 0.2) is 0 Å². The largest absolute Gasteiger partial charge is 0.398 e. The van der Waals surface area contributed by atoms with Gasteiger partial charge in [-0.25, -0.2) is 0 Å². The van der Waals surface area contributed by atoms with Gasteiger partial charge in [-0.2, -0.15) is 0 Å². The van der Waals surface area contributed by atoms with Crippen LogP contribution in [0.3, 0.4) is 0 Å². The van der Waals surface area contributed by atoms with E-state index in [1.807, 2.05) is 19.3 Å². The predicted octanol–water partition coefficient (Wildman–Crippen LogP) is 0.577. The average molecular weight is 203 g/mol. The Morgan fingerprint density at radius 2 is 2.27 bits per heavy atom. The van der Waals surface area contributed by atoms with Crippen molar-refractivity contribution in [2.75, 3.05) is 5.73 Å². The van der Waals surface area contributed by atoms with Gasteiger partial charge in [-0.15, -0.1) is 5.10 Å². The van der Waals surface area contributed by atoms with E-state index in [0.717, 1.165) is 29.8 Å². The normalized spacial score (nSPS) is 10.5. The lowest BCUT2D eigenvalue weighted by atomic mass is 10.1. The summed E-state index contributed by atoms with van der Waals surface area (Å²) >= 11 is 0. The first-order valence-electron chi connectivity index (χ1n) is 4.79. The lowest BCUT2D eigenvalue weighted by molar-refractivity contribution is 0.713. The fourth-order valence-electron chi connectivity index (χ4n) is 1.42. The van der Waals surface area contributed by atoms with Gasteiger partial charge in [0.25, 0.3) is 0 Å². The smallest absolute Gasteiger partial charge is 0.0830 e. The number of aromatic nitrogens is 4. The predicted molar refractivity (Wildman–Crippen MR) is 57.1 cm³/mol. The van der Waals surface area contributed by atoms with Crippen molar-refractivity contribution in [3.63, 3.8) is 0 Å². The van der Waals surface area contributed by atoms with E-state index in [1.54, 1.807) is 17.1 Å². The summed E-state index contributed by atoms with van der Waals surface area (Å²) < 4.78 is 1.70. The van der Waals surface area contributed by atoms with Crippen molar-refractivity contribution in [2.24, 2.45) is 7.05 Å². The molecule has 0 amide bonds. The number of hydrogen-bond donors (Lipinski definition) is 1. The highest BCUT2D eigenvalue weighted by atomic mass is 15.4. The van der Waals surface area contributed by atoms with E-state index in [0.29, 0.717) is 0 Å². The number of rotatable bonds is 3. The quantitative estimate of drug-likeness (QED) is 0.792. The second-order valence-electron chi connectivity index (χ2n) is 3.46. The Balaban J connectivity index is 2.02. The molecule has 0 saturated carbocycles. The van der Waals surface area contributed by atoms with Gasteiger partial charge in [0.05, 0.1) is 5.69 Å². The van der Waals surface area contributed by atoms with Crippen molar-refractivity contribution in [1.29, 1.82) is 0 Å². The first-order valence-corrected chi connectivity index (χ1v) is 4.79. The van der Waals surface area contributed by atoms with Crippen LogP contribution < -0.4 is 5.73 Å². The van der Waals surface area contributed by atoms with Gasteiger partial charge in [-0.05, 0) is 24.5 Å². The molecule has 0 aliphatic heterocycles. The minimum absolute atomic E-state index is 0.786. The first-order chi connectivity index (χ1) is 7.25. The van der Waals surface area contributed by atoms with Crippen LogP contribution in [0.25, 0.3) is 0 Å². The maximum Gasteiger partial charge on any atom is 0.0830 e. The molecule has 78 valence electrons. The third kappa shape index (κ3) is 2.31. The van der Waals surface area contributed by atoms with Crippen molar-refractivity contribution in [2.45, 2.75) is 12.8 Å². The van der Waals surface area contributed by atoms with Crippen LogP contribution in [0.1, 0.15) is 11.3 Å². The Hall–Kier alpha value is -1.91. The summed E-state index contributed by atoms with van der Waals surface area (Å²) in [7, 11) is 1.86. The summed E-state index contributed by atoms with van der Waals surface area (Å²) in [5.41, 5.74) is 8.63. The number of aryl methyl sites for hydroxylation is 3. The summed E-state index contributed by atoms with van der Waals surface area (Å²) in [6.07, 6.45) is 7.08. The van der Waals surface area contributed by atoms with Crippen molar-refractivity contribution in [1.82, 2.24) is 20.0 Å². The third-order valence-electron chi connectivity index (χ3n) is 2.24. The van der Waals surface area contributed by atoms with E-state index in [-0.39, 0.29) is 0 Å². The van der Waals surface area contributed by atoms with Gasteiger partial charge in [-0.1, -0.05) is 5.21 Å². The van der Waals surface area contributed by atoms with Crippen LogP contribution in [-0.2, 0) is 19.9 Å². The Morgan fingerprint density at radius 3 is 2.93 bits per heavy atom. The minimum atomic E-state index is 0.786. The van der Waals surface area contributed by atoms with Crippen LogP contribution in [0.15, 0.2) is 24.7 Å². The van der Waals surface area contributed by atoms with Gasteiger partial charge < -0.3 is 5.73 Å². The molecule has 2 heterocycles.